The Kier molecular flexibility index (Phi) is 3.55. The van der Waals surface area contributed by atoms with Crippen LogP contribution in [0.4, 0.5) is 4.39 Å². The smallest absolute Gasteiger partial charge is 0.156 e. The van der Waals surface area contributed by atoms with Gasteiger partial charge in [0.15, 0.2) is 5.78 Å². The lowest BCUT2D eigenvalue weighted by Gasteiger charge is -2.05. The Balaban J connectivity index is 2.01. The molecule has 0 bridgehead atoms. The Labute approximate surface area is 105 Å². The summed E-state index contributed by atoms with van der Waals surface area (Å²) in [7, 11) is 0. The number of hydrogen-bond donors (Lipinski definition) is 0. The molecule has 1 aromatic carbocycles. The number of benzene rings is 1. The highest BCUT2D eigenvalue weighted by Gasteiger charge is 2.08. The zero-order chi connectivity index (χ0) is 13.1. The van der Waals surface area contributed by atoms with E-state index in [1.54, 1.807) is 18.5 Å². The van der Waals surface area contributed by atoms with Crippen LogP contribution >= 0.6 is 0 Å². The number of aryl methyl sites for hydroxylation is 1. The molecule has 0 atom stereocenters. The second-order valence-corrected chi connectivity index (χ2v) is 4.39. The first-order valence-electron chi connectivity index (χ1n) is 5.80. The fourth-order valence-corrected chi connectivity index (χ4v) is 1.78. The Morgan fingerprint density at radius 3 is 2.50 bits per heavy atom. The third kappa shape index (κ3) is 2.83. The molecule has 2 rings (SSSR count). The molecule has 0 aliphatic rings. The van der Waals surface area contributed by atoms with Crippen molar-refractivity contribution in [1.29, 1.82) is 0 Å². The molecule has 0 amide bonds. The zero-order valence-electron chi connectivity index (χ0n) is 10.5. The van der Waals surface area contributed by atoms with Crippen LogP contribution in [0.5, 0.6) is 0 Å². The van der Waals surface area contributed by atoms with E-state index in [0.29, 0.717) is 13.0 Å². The first-order valence-corrected chi connectivity index (χ1v) is 5.80. The Morgan fingerprint density at radius 1 is 1.28 bits per heavy atom. The summed E-state index contributed by atoms with van der Waals surface area (Å²) in [6.45, 7) is 4.16. The van der Waals surface area contributed by atoms with Crippen LogP contribution < -0.4 is 0 Å². The van der Waals surface area contributed by atoms with Crippen molar-refractivity contribution in [1.82, 2.24) is 9.55 Å². The number of nitrogens with zero attached hydrogens (tertiary/aromatic N) is 2. The van der Waals surface area contributed by atoms with Gasteiger partial charge in [-0.05, 0) is 31.5 Å². The van der Waals surface area contributed by atoms with Crippen molar-refractivity contribution < 1.29 is 9.18 Å². The lowest BCUT2D eigenvalue weighted by molar-refractivity contribution is -0.119. The molecule has 1 aromatic heterocycles. The molecule has 0 radical (unpaired) electrons. The maximum atomic E-state index is 12.7. The van der Waals surface area contributed by atoms with Gasteiger partial charge in [0.1, 0.15) is 5.82 Å². The van der Waals surface area contributed by atoms with Crippen molar-refractivity contribution >= 4 is 5.78 Å². The van der Waals surface area contributed by atoms with Gasteiger partial charge in [0.2, 0.25) is 0 Å². The fourth-order valence-electron chi connectivity index (χ4n) is 1.78. The summed E-state index contributed by atoms with van der Waals surface area (Å²) in [5.41, 5.74) is 2.77. The number of halogens is 1. The van der Waals surface area contributed by atoms with Crippen LogP contribution in [0.25, 0.3) is 0 Å². The second kappa shape index (κ2) is 5.12. The highest BCUT2D eigenvalue weighted by Crippen LogP contribution is 2.07. The molecule has 0 N–H and O–H groups in total. The number of ketones is 1. The largest absolute Gasteiger partial charge is 0.327 e. The highest BCUT2D eigenvalue weighted by molar-refractivity contribution is 5.80. The summed E-state index contributed by atoms with van der Waals surface area (Å²) in [4.78, 5) is 16.0. The molecule has 18 heavy (non-hydrogen) atoms. The minimum absolute atomic E-state index is 0.0853. The second-order valence-electron chi connectivity index (χ2n) is 4.39. The molecule has 0 fully saturated rings. The molecule has 0 saturated heterocycles. The summed E-state index contributed by atoms with van der Waals surface area (Å²) in [6.07, 6.45) is 1.99. The van der Waals surface area contributed by atoms with Gasteiger partial charge in [-0.3, -0.25) is 4.79 Å². The predicted molar refractivity (Wildman–Crippen MR) is 66.8 cm³/mol. The quantitative estimate of drug-likeness (QED) is 0.830. The maximum absolute atomic E-state index is 12.7. The van der Waals surface area contributed by atoms with Crippen LogP contribution in [-0.2, 0) is 17.8 Å². The molecule has 0 aliphatic heterocycles. The van der Waals surface area contributed by atoms with E-state index in [1.165, 1.54) is 12.1 Å². The van der Waals surface area contributed by atoms with Crippen molar-refractivity contribution in [2.24, 2.45) is 0 Å². The van der Waals surface area contributed by atoms with Gasteiger partial charge in [-0.2, -0.15) is 0 Å². The molecule has 0 spiro atoms. The normalized spacial score (nSPS) is 10.6. The van der Waals surface area contributed by atoms with Crippen molar-refractivity contribution in [3.8, 4) is 0 Å². The molecular formula is C14H15FN2O. The minimum Gasteiger partial charge on any atom is -0.327 e. The van der Waals surface area contributed by atoms with E-state index < -0.39 is 0 Å². The van der Waals surface area contributed by atoms with Crippen LogP contribution in [0.3, 0.4) is 0 Å². The number of aromatic nitrogens is 2. The van der Waals surface area contributed by atoms with Gasteiger partial charge in [-0.15, -0.1) is 0 Å². The van der Waals surface area contributed by atoms with Gasteiger partial charge in [-0.1, -0.05) is 12.1 Å². The van der Waals surface area contributed by atoms with E-state index >= 15 is 0 Å². The number of rotatable bonds is 4. The molecule has 2 aromatic rings. The Morgan fingerprint density at radius 2 is 1.94 bits per heavy atom. The van der Waals surface area contributed by atoms with Crippen molar-refractivity contribution in [3.63, 3.8) is 0 Å². The van der Waals surface area contributed by atoms with Gasteiger partial charge >= 0.3 is 0 Å². The minimum atomic E-state index is -0.285. The van der Waals surface area contributed by atoms with Crippen molar-refractivity contribution in [3.05, 3.63) is 53.4 Å². The summed E-state index contributed by atoms with van der Waals surface area (Å²) in [6, 6.07) is 6.02. The third-order valence-electron chi connectivity index (χ3n) is 3.01. The average Bonchev–Trinajstić information content (AvgIpc) is 2.64. The first-order chi connectivity index (χ1) is 8.56. The molecule has 3 nitrogen and oxygen atoms in total. The summed E-state index contributed by atoms with van der Waals surface area (Å²) in [5.74, 6) is -0.200. The Hall–Kier alpha value is -1.97. The number of imidazole rings is 1. The molecule has 4 heteroatoms. The number of carbonyl (C=O) groups excluding carboxylic acids is 1. The third-order valence-corrected chi connectivity index (χ3v) is 3.01. The van der Waals surface area contributed by atoms with Crippen LogP contribution in [-0.4, -0.2) is 15.3 Å². The molecule has 1 heterocycles. The molecule has 0 aliphatic carbocycles. The Bertz CT molecular complexity index is 558. The van der Waals surface area contributed by atoms with E-state index in [-0.39, 0.29) is 11.6 Å². The SMILES string of the molecule is Cc1ncn(CC(=O)Cc2ccc(F)cc2)c1C. The average molecular weight is 246 g/mol. The van der Waals surface area contributed by atoms with Gasteiger partial charge in [0.05, 0.1) is 18.6 Å². The van der Waals surface area contributed by atoms with E-state index in [2.05, 4.69) is 4.98 Å². The van der Waals surface area contributed by atoms with E-state index in [1.807, 2.05) is 18.4 Å². The lowest BCUT2D eigenvalue weighted by Crippen LogP contribution is -2.13. The number of hydrogen-bond acceptors (Lipinski definition) is 2. The lowest BCUT2D eigenvalue weighted by atomic mass is 10.1. The molecule has 0 saturated carbocycles. The van der Waals surface area contributed by atoms with Crippen molar-refractivity contribution in [2.45, 2.75) is 26.8 Å². The van der Waals surface area contributed by atoms with Gasteiger partial charge in [-0.25, -0.2) is 9.37 Å². The van der Waals surface area contributed by atoms with Crippen LogP contribution in [0, 0.1) is 19.7 Å². The van der Waals surface area contributed by atoms with E-state index in [4.69, 9.17) is 0 Å². The van der Waals surface area contributed by atoms with Gasteiger partial charge in [0, 0.05) is 12.1 Å². The fraction of sp³-hybridized carbons (Fsp3) is 0.286. The van der Waals surface area contributed by atoms with E-state index in [0.717, 1.165) is 17.0 Å². The summed E-state index contributed by atoms with van der Waals surface area (Å²) >= 11 is 0. The topological polar surface area (TPSA) is 34.9 Å². The van der Waals surface area contributed by atoms with Crippen LogP contribution in [0.15, 0.2) is 30.6 Å². The van der Waals surface area contributed by atoms with Gasteiger partial charge < -0.3 is 4.57 Å². The number of carbonyl (C=O) groups is 1. The van der Waals surface area contributed by atoms with Crippen LogP contribution in [0.1, 0.15) is 17.0 Å². The number of Topliss-reactive ketones (excluding diaryl/α,β-unsaturated/α-hetero) is 1. The van der Waals surface area contributed by atoms with Crippen LogP contribution in [0.2, 0.25) is 0 Å². The zero-order valence-corrected chi connectivity index (χ0v) is 10.5. The summed E-state index contributed by atoms with van der Waals surface area (Å²) < 4.78 is 14.6. The van der Waals surface area contributed by atoms with Gasteiger partial charge in [0.25, 0.3) is 0 Å². The van der Waals surface area contributed by atoms with E-state index in [9.17, 15) is 9.18 Å². The molecular weight excluding hydrogens is 231 g/mol. The monoisotopic (exact) mass is 246 g/mol. The van der Waals surface area contributed by atoms with Crippen molar-refractivity contribution in [2.75, 3.05) is 0 Å². The molecule has 94 valence electrons. The molecule has 0 unspecified atom stereocenters. The highest BCUT2D eigenvalue weighted by atomic mass is 19.1. The maximum Gasteiger partial charge on any atom is 0.156 e. The first kappa shape index (κ1) is 12.5. The predicted octanol–water partition coefficient (Wildman–Crippen LogP) is 2.45. The standard InChI is InChI=1S/C14H15FN2O/c1-10-11(2)17(9-16-10)8-14(18)7-12-3-5-13(15)6-4-12/h3-6,9H,7-8H2,1-2H3. The summed E-state index contributed by atoms with van der Waals surface area (Å²) in [5, 5.41) is 0.